The molecule has 1 aliphatic heterocycles. The minimum atomic E-state index is -4.20. The number of fused-ring (bicyclic) bond motifs is 1. The molecule has 3 aromatic rings. The molecule has 3 aromatic carbocycles. The Hall–Kier alpha value is -3.35. The highest BCUT2D eigenvalue weighted by atomic mass is 35.5. The Morgan fingerprint density at radius 3 is 2.45 bits per heavy atom. The van der Waals surface area contributed by atoms with Crippen LogP contribution in [0.2, 0.25) is 5.02 Å². The molecule has 5 nitrogen and oxygen atoms in total. The van der Waals surface area contributed by atoms with E-state index in [1.54, 1.807) is 54.6 Å². The fourth-order valence-corrected chi connectivity index (χ4v) is 5.87. The number of anilines is 2. The molecule has 0 aliphatic carbocycles. The van der Waals surface area contributed by atoms with Gasteiger partial charge in [-0.2, -0.15) is 0 Å². The fourth-order valence-electron chi connectivity index (χ4n) is 3.98. The number of carbonyl (C=O) groups excluding carboxylic acids is 1. The first-order valence-corrected chi connectivity index (χ1v) is 12.3. The van der Waals surface area contributed by atoms with Crippen molar-refractivity contribution >= 4 is 44.5 Å². The predicted molar refractivity (Wildman–Crippen MR) is 135 cm³/mol. The molecule has 0 saturated heterocycles. The second-order valence-corrected chi connectivity index (χ2v) is 9.76. The van der Waals surface area contributed by atoms with Gasteiger partial charge in [-0.3, -0.25) is 9.10 Å². The molecule has 1 heterocycles. The normalized spacial score (nSPS) is 14.5. The molecule has 0 spiro atoms. The van der Waals surface area contributed by atoms with Crippen molar-refractivity contribution in [1.29, 1.82) is 0 Å². The van der Waals surface area contributed by atoms with Gasteiger partial charge in [0.05, 0.1) is 12.2 Å². The van der Waals surface area contributed by atoms with Crippen LogP contribution in [0.15, 0.2) is 90.4 Å². The van der Waals surface area contributed by atoms with Gasteiger partial charge >= 0.3 is 0 Å². The first-order valence-electron chi connectivity index (χ1n) is 10.5. The smallest absolute Gasteiger partial charge is 0.270 e. The Kier molecular flexibility index (Phi) is 6.40. The highest BCUT2D eigenvalue weighted by Crippen LogP contribution is 2.44. The molecule has 1 aliphatic rings. The third-order valence-electron chi connectivity index (χ3n) is 5.48. The molecule has 33 heavy (non-hydrogen) atoms. The van der Waals surface area contributed by atoms with E-state index in [0.29, 0.717) is 39.5 Å². The molecule has 0 radical (unpaired) electrons. The lowest BCUT2D eigenvalue weighted by atomic mass is 9.95. The summed E-state index contributed by atoms with van der Waals surface area (Å²) in [4.78, 5) is 13.3. The lowest BCUT2D eigenvalue weighted by Gasteiger charge is -2.33. The molecular formula is C26H23ClN2O3S. The molecule has 0 fully saturated rings. The molecule has 4 rings (SSSR count). The minimum Gasteiger partial charge on any atom is -0.321 e. The Labute approximate surface area is 199 Å². The van der Waals surface area contributed by atoms with Gasteiger partial charge in [0.2, 0.25) is 0 Å². The monoisotopic (exact) mass is 478 g/mol. The number of nitrogens with zero attached hydrogens (tertiary/aromatic N) is 1. The topological polar surface area (TPSA) is 66.5 Å². The third kappa shape index (κ3) is 4.19. The van der Waals surface area contributed by atoms with Gasteiger partial charge in [-0.05, 0) is 41.8 Å². The number of para-hydroxylation sites is 1. The number of carbonyl (C=O) groups is 1. The van der Waals surface area contributed by atoms with Crippen molar-refractivity contribution in [3.63, 3.8) is 0 Å². The van der Waals surface area contributed by atoms with E-state index in [2.05, 4.69) is 11.9 Å². The Morgan fingerprint density at radius 1 is 1.06 bits per heavy atom. The summed E-state index contributed by atoms with van der Waals surface area (Å²) < 4.78 is 28.9. The van der Waals surface area contributed by atoms with Gasteiger partial charge in [0, 0.05) is 21.8 Å². The molecule has 0 saturated carbocycles. The van der Waals surface area contributed by atoms with Crippen LogP contribution < -0.4 is 9.62 Å². The lowest BCUT2D eigenvalue weighted by molar-refractivity contribution is -0.112. The molecule has 0 atom stereocenters. The summed E-state index contributed by atoms with van der Waals surface area (Å²) in [5.74, 6) is -0.700. The summed E-state index contributed by atoms with van der Waals surface area (Å²) in [5, 5.41) is 3.27. The van der Waals surface area contributed by atoms with Crippen LogP contribution in [0.25, 0.3) is 5.57 Å². The molecule has 0 bridgehead atoms. The molecule has 1 amide bonds. The van der Waals surface area contributed by atoms with Crippen molar-refractivity contribution in [1.82, 2.24) is 0 Å². The SMILES string of the molecule is C=CCN1c2ccc(Cl)cc2C(c2ccccc2)=C(C(=O)Nc2ccccc2CC)S1(=O)=O. The zero-order valence-corrected chi connectivity index (χ0v) is 19.7. The number of sulfonamides is 1. The lowest BCUT2D eigenvalue weighted by Crippen LogP contribution is -2.40. The molecule has 1 N–H and O–H groups in total. The second-order valence-electron chi connectivity index (χ2n) is 7.52. The first-order chi connectivity index (χ1) is 15.9. The van der Waals surface area contributed by atoms with Gasteiger partial charge in [0.15, 0.2) is 4.91 Å². The Bertz CT molecular complexity index is 1370. The van der Waals surface area contributed by atoms with Crippen molar-refractivity contribution < 1.29 is 13.2 Å². The van der Waals surface area contributed by atoms with Gasteiger partial charge in [-0.25, -0.2) is 8.42 Å². The van der Waals surface area contributed by atoms with Gasteiger partial charge in [0.25, 0.3) is 15.9 Å². The van der Waals surface area contributed by atoms with E-state index < -0.39 is 15.9 Å². The summed E-state index contributed by atoms with van der Waals surface area (Å²) in [6, 6.07) is 21.3. The number of aryl methyl sites for hydroxylation is 1. The number of nitrogens with one attached hydrogen (secondary N) is 1. The maximum absolute atomic E-state index is 13.8. The summed E-state index contributed by atoms with van der Waals surface area (Å²) in [6.45, 7) is 5.69. The first kappa shape index (κ1) is 22.8. The van der Waals surface area contributed by atoms with Crippen LogP contribution >= 0.6 is 11.6 Å². The molecular weight excluding hydrogens is 456 g/mol. The Balaban J connectivity index is 2.01. The zero-order chi connectivity index (χ0) is 23.6. The Morgan fingerprint density at radius 2 is 1.76 bits per heavy atom. The second kappa shape index (κ2) is 9.25. The maximum atomic E-state index is 13.8. The standard InChI is InChI=1S/C26H23ClN2O3S/c1-3-16-29-23-15-14-20(27)17-21(23)24(19-11-6-5-7-12-19)25(33(29,31)32)26(30)28-22-13-9-8-10-18(22)4-2/h3,5-15,17H,1,4,16H2,2H3,(H,28,30). The van der Waals surface area contributed by atoms with Crippen molar-refractivity contribution in [3.05, 3.63) is 112 Å². The van der Waals surface area contributed by atoms with E-state index in [4.69, 9.17) is 11.6 Å². The third-order valence-corrected chi connectivity index (χ3v) is 7.55. The summed E-state index contributed by atoms with van der Waals surface area (Å²) >= 11 is 6.31. The quantitative estimate of drug-likeness (QED) is 0.466. The van der Waals surface area contributed by atoms with Gasteiger partial charge in [-0.1, -0.05) is 73.1 Å². The number of hydrogen-bond acceptors (Lipinski definition) is 3. The number of amides is 1. The van der Waals surface area contributed by atoms with Crippen LogP contribution in [0.5, 0.6) is 0 Å². The van der Waals surface area contributed by atoms with Crippen molar-refractivity contribution in [2.24, 2.45) is 0 Å². The number of hydrogen-bond donors (Lipinski definition) is 1. The van der Waals surface area contributed by atoms with Gasteiger partial charge < -0.3 is 5.32 Å². The van der Waals surface area contributed by atoms with E-state index in [-0.39, 0.29) is 11.4 Å². The van der Waals surface area contributed by atoms with Crippen molar-refractivity contribution in [2.45, 2.75) is 13.3 Å². The van der Waals surface area contributed by atoms with Gasteiger partial charge in [-0.15, -0.1) is 6.58 Å². The average Bonchev–Trinajstić information content (AvgIpc) is 2.81. The predicted octanol–water partition coefficient (Wildman–Crippen LogP) is 5.64. The highest BCUT2D eigenvalue weighted by molar-refractivity contribution is 7.97. The van der Waals surface area contributed by atoms with E-state index in [1.165, 1.54) is 10.4 Å². The number of benzene rings is 3. The molecule has 168 valence electrons. The largest absolute Gasteiger partial charge is 0.321 e. The van der Waals surface area contributed by atoms with Crippen LogP contribution in [0.4, 0.5) is 11.4 Å². The molecule has 0 unspecified atom stereocenters. The van der Waals surface area contributed by atoms with Crippen LogP contribution in [-0.2, 0) is 21.2 Å². The van der Waals surface area contributed by atoms with E-state index >= 15 is 0 Å². The van der Waals surface area contributed by atoms with E-state index in [9.17, 15) is 13.2 Å². The average molecular weight is 479 g/mol. The van der Waals surface area contributed by atoms with Crippen LogP contribution in [0.3, 0.4) is 0 Å². The number of rotatable bonds is 6. The van der Waals surface area contributed by atoms with Crippen LogP contribution in [-0.4, -0.2) is 20.9 Å². The summed E-state index contributed by atoms with van der Waals surface area (Å²) in [6.07, 6.45) is 2.18. The van der Waals surface area contributed by atoms with Crippen LogP contribution in [0, 0.1) is 0 Å². The molecule has 0 aromatic heterocycles. The minimum absolute atomic E-state index is 0.0152. The van der Waals surface area contributed by atoms with E-state index in [0.717, 1.165) is 5.56 Å². The zero-order valence-electron chi connectivity index (χ0n) is 18.1. The maximum Gasteiger partial charge on any atom is 0.270 e. The van der Waals surface area contributed by atoms with Crippen molar-refractivity contribution in [3.8, 4) is 0 Å². The highest BCUT2D eigenvalue weighted by Gasteiger charge is 2.41. The van der Waals surface area contributed by atoms with Crippen LogP contribution in [0.1, 0.15) is 23.6 Å². The van der Waals surface area contributed by atoms with Crippen molar-refractivity contribution in [2.75, 3.05) is 16.2 Å². The fraction of sp³-hybridized carbons (Fsp3) is 0.115. The number of halogens is 1. The molecule has 7 heteroatoms. The van der Waals surface area contributed by atoms with Gasteiger partial charge in [0.1, 0.15) is 0 Å². The summed E-state index contributed by atoms with van der Waals surface area (Å²) in [7, 11) is -4.20. The summed E-state index contributed by atoms with van der Waals surface area (Å²) in [5.41, 5.74) is 3.43. The van der Waals surface area contributed by atoms with E-state index in [1.807, 2.05) is 25.1 Å².